The van der Waals surface area contributed by atoms with Crippen LogP contribution < -0.4 is 11.1 Å². The van der Waals surface area contributed by atoms with Gasteiger partial charge in [-0.3, -0.25) is 0 Å². The van der Waals surface area contributed by atoms with Gasteiger partial charge in [-0.1, -0.05) is 6.92 Å². The van der Waals surface area contributed by atoms with Gasteiger partial charge >= 0.3 is 0 Å². The van der Waals surface area contributed by atoms with Crippen molar-refractivity contribution in [2.45, 2.75) is 57.9 Å². The topological polar surface area (TPSA) is 38.0 Å². The Kier molecular flexibility index (Phi) is 2.79. The maximum atomic E-state index is 6.74. The van der Waals surface area contributed by atoms with Gasteiger partial charge in [0.2, 0.25) is 0 Å². The van der Waals surface area contributed by atoms with Crippen molar-refractivity contribution in [1.29, 1.82) is 0 Å². The molecule has 0 spiro atoms. The number of nitrogens with one attached hydrogen (secondary N) is 1. The monoisotopic (exact) mass is 236 g/mol. The molecule has 0 aromatic carbocycles. The molecule has 4 saturated carbocycles. The van der Waals surface area contributed by atoms with Gasteiger partial charge in [0.25, 0.3) is 0 Å². The van der Waals surface area contributed by atoms with Gasteiger partial charge in [-0.05, 0) is 75.2 Å². The third-order valence-corrected chi connectivity index (χ3v) is 5.99. The van der Waals surface area contributed by atoms with Crippen LogP contribution in [0.15, 0.2) is 0 Å². The second-order valence-electron chi connectivity index (χ2n) is 7.40. The van der Waals surface area contributed by atoms with Crippen LogP contribution in [0.1, 0.15) is 52.4 Å². The molecule has 1 atom stereocenters. The van der Waals surface area contributed by atoms with Crippen LogP contribution in [0.25, 0.3) is 0 Å². The van der Waals surface area contributed by atoms with Gasteiger partial charge in [0.15, 0.2) is 0 Å². The summed E-state index contributed by atoms with van der Waals surface area (Å²) >= 11 is 0. The largest absolute Gasteiger partial charge is 0.324 e. The Labute approximate surface area is 106 Å². The molecule has 0 amide bonds. The first-order valence-corrected chi connectivity index (χ1v) is 7.54. The summed E-state index contributed by atoms with van der Waals surface area (Å²) in [6, 6.07) is 0. The summed E-state index contributed by atoms with van der Waals surface area (Å²) in [5.41, 5.74) is 7.20. The third kappa shape index (κ3) is 1.84. The molecule has 98 valence electrons. The number of hydrogen-bond acceptors (Lipinski definition) is 2. The van der Waals surface area contributed by atoms with Crippen molar-refractivity contribution in [3.63, 3.8) is 0 Å². The highest BCUT2D eigenvalue weighted by atomic mass is 14.9. The lowest BCUT2D eigenvalue weighted by molar-refractivity contribution is -0.0922. The minimum Gasteiger partial charge on any atom is -0.324 e. The molecule has 0 aliphatic heterocycles. The molecule has 4 fully saturated rings. The Morgan fingerprint density at radius 3 is 2.00 bits per heavy atom. The van der Waals surface area contributed by atoms with Crippen molar-refractivity contribution in [2.75, 3.05) is 13.1 Å². The quantitative estimate of drug-likeness (QED) is 0.787. The molecule has 17 heavy (non-hydrogen) atoms. The molecule has 4 bridgehead atoms. The van der Waals surface area contributed by atoms with E-state index in [2.05, 4.69) is 19.2 Å². The average molecular weight is 236 g/mol. The normalized spacial score (nSPS) is 47.1. The number of rotatable bonds is 4. The molecule has 0 heterocycles. The van der Waals surface area contributed by atoms with Crippen LogP contribution in [0.2, 0.25) is 0 Å². The summed E-state index contributed by atoms with van der Waals surface area (Å²) in [5, 5.41) is 3.49. The van der Waals surface area contributed by atoms with Crippen molar-refractivity contribution in [3.05, 3.63) is 0 Å². The molecule has 4 rings (SSSR count). The minimum atomic E-state index is -0.000972. The zero-order valence-electron chi connectivity index (χ0n) is 11.5. The first-order valence-electron chi connectivity index (χ1n) is 7.54. The van der Waals surface area contributed by atoms with Gasteiger partial charge in [0, 0.05) is 12.1 Å². The summed E-state index contributed by atoms with van der Waals surface area (Å²) < 4.78 is 0. The maximum absolute atomic E-state index is 6.74. The van der Waals surface area contributed by atoms with E-state index in [1.54, 1.807) is 0 Å². The lowest BCUT2D eigenvalue weighted by Crippen LogP contribution is -2.64. The van der Waals surface area contributed by atoms with Crippen molar-refractivity contribution < 1.29 is 0 Å². The van der Waals surface area contributed by atoms with Crippen LogP contribution in [0.4, 0.5) is 0 Å². The van der Waals surface area contributed by atoms with E-state index in [1.165, 1.54) is 38.5 Å². The molecular formula is C15H28N2. The van der Waals surface area contributed by atoms with Gasteiger partial charge in [0.05, 0.1) is 0 Å². The van der Waals surface area contributed by atoms with E-state index < -0.39 is 0 Å². The standard InChI is InChI=1S/C15H28N2/c1-3-17-10-14(2,16)15-7-11-4-12(8-15)6-13(5-11)9-15/h11-13,17H,3-10,16H2,1-2H3. The van der Waals surface area contributed by atoms with E-state index in [1.807, 2.05) is 0 Å². The molecule has 0 radical (unpaired) electrons. The first-order chi connectivity index (χ1) is 8.05. The number of hydrogen-bond donors (Lipinski definition) is 2. The average Bonchev–Trinajstić information content (AvgIpc) is 2.24. The van der Waals surface area contributed by atoms with E-state index in [-0.39, 0.29) is 5.54 Å². The van der Waals surface area contributed by atoms with Crippen molar-refractivity contribution in [2.24, 2.45) is 28.9 Å². The van der Waals surface area contributed by atoms with Crippen molar-refractivity contribution >= 4 is 0 Å². The molecular weight excluding hydrogens is 208 g/mol. The zero-order chi connectivity index (χ0) is 12.1. The predicted molar refractivity (Wildman–Crippen MR) is 71.7 cm³/mol. The SMILES string of the molecule is CCNCC(C)(N)C12CC3CC(CC(C3)C1)C2. The fourth-order valence-corrected chi connectivity index (χ4v) is 5.38. The summed E-state index contributed by atoms with van der Waals surface area (Å²) in [5.74, 6) is 3.02. The zero-order valence-corrected chi connectivity index (χ0v) is 11.5. The molecule has 2 nitrogen and oxygen atoms in total. The van der Waals surface area contributed by atoms with Crippen LogP contribution in [-0.2, 0) is 0 Å². The Bertz CT molecular complexity index is 260. The van der Waals surface area contributed by atoms with E-state index in [4.69, 9.17) is 5.73 Å². The number of likely N-dealkylation sites (N-methyl/N-ethyl adjacent to an activating group) is 1. The van der Waals surface area contributed by atoms with Crippen LogP contribution in [0.3, 0.4) is 0 Å². The summed E-state index contributed by atoms with van der Waals surface area (Å²) in [4.78, 5) is 0. The van der Waals surface area contributed by atoms with Crippen molar-refractivity contribution in [1.82, 2.24) is 5.32 Å². The second-order valence-corrected chi connectivity index (χ2v) is 7.40. The van der Waals surface area contributed by atoms with E-state index in [0.29, 0.717) is 5.41 Å². The molecule has 4 aliphatic rings. The number of nitrogens with two attached hydrogens (primary N) is 1. The molecule has 2 heteroatoms. The molecule has 0 aromatic rings. The van der Waals surface area contributed by atoms with Gasteiger partial charge in [-0.15, -0.1) is 0 Å². The van der Waals surface area contributed by atoms with E-state index in [0.717, 1.165) is 30.8 Å². The molecule has 4 aliphatic carbocycles. The highest BCUT2D eigenvalue weighted by Crippen LogP contribution is 2.63. The predicted octanol–water partition coefficient (Wildman–Crippen LogP) is 2.53. The molecule has 0 aromatic heterocycles. The summed E-state index contributed by atoms with van der Waals surface area (Å²) in [6.07, 6.45) is 8.77. The fraction of sp³-hybridized carbons (Fsp3) is 1.00. The maximum Gasteiger partial charge on any atom is 0.0309 e. The van der Waals surface area contributed by atoms with Crippen molar-refractivity contribution in [3.8, 4) is 0 Å². The Balaban J connectivity index is 1.81. The lowest BCUT2D eigenvalue weighted by Gasteiger charge is -2.62. The lowest BCUT2D eigenvalue weighted by atomic mass is 9.45. The minimum absolute atomic E-state index is 0.000972. The Hall–Kier alpha value is -0.0800. The third-order valence-electron chi connectivity index (χ3n) is 5.99. The highest BCUT2D eigenvalue weighted by Gasteiger charge is 2.57. The summed E-state index contributed by atoms with van der Waals surface area (Å²) in [6.45, 7) is 6.52. The second kappa shape index (κ2) is 3.96. The Morgan fingerprint density at radius 2 is 1.59 bits per heavy atom. The smallest absolute Gasteiger partial charge is 0.0309 e. The molecule has 3 N–H and O–H groups in total. The van der Waals surface area contributed by atoms with Crippen LogP contribution in [-0.4, -0.2) is 18.6 Å². The van der Waals surface area contributed by atoms with Gasteiger partial charge in [0.1, 0.15) is 0 Å². The van der Waals surface area contributed by atoms with Crippen LogP contribution >= 0.6 is 0 Å². The summed E-state index contributed by atoms with van der Waals surface area (Å²) in [7, 11) is 0. The van der Waals surface area contributed by atoms with Crippen LogP contribution in [0.5, 0.6) is 0 Å². The first kappa shape index (κ1) is 12.0. The Morgan fingerprint density at radius 1 is 1.12 bits per heavy atom. The fourth-order valence-electron chi connectivity index (χ4n) is 5.38. The molecule has 1 unspecified atom stereocenters. The van der Waals surface area contributed by atoms with Gasteiger partial charge in [-0.2, -0.15) is 0 Å². The van der Waals surface area contributed by atoms with E-state index >= 15 is 0 Å². The van der Waals surface area contributed by atoms with Gasteiger partial charge in [-0.25, -0.2) is 0 Å². The van der Waals surface area contributed by atoms with Crippen LogP contribution in [0, 0.1) is 23.2 Å². The van der Waals surface area contributed by atoms with E-state index in [9.17, 15) is 0 Å². The van der Waals surface area contributed by atoms with Gasteiger partial charge < -0.3 is 11.1 Å². The highest BCUT2D eigenvalue weighted by molar-refractivity contribution is 5.11. The molecule has 0 saturated heterocycles.